The summed E-state index contributed by atoms with van der Waals surface area (Å²) in [6, 6.07) is -1.01. The van der Waals surface area contributed by atoms with Crippen molar-refractivity contribution in [3.05, 3.63) is 0 Å². The number of aliphatic hydroxyl groups is 1. The summed E-state index contributed by atoms with van der Waals surface area (Å²) in [5.41, 5.74) is 4.92. The smallest absolute Gasteiger partial charge is 0.343 e. The first-order valence-corrected chi connectivity index (χ1v) is 1.99. The molecule has 0 rings (SSSR count). The van der Waals surface area contributed by atoms with E-state index in [0.717, 1.165) is 0 Å². The van der Waals surface area contributed by atoms with Gasteiger partial charge in [-0.25, -0.2) is 4.79 Å². The van der Waals surface area contributed by atoms with Gasteiger partial charge in [0.1, 0.15) is 6.04 Å². The Hall–Kier alpha value is -0.360. The number of hydrogen-bond acceptors (Lipinski definition) is 5. The molecule has 0 fully saturated rings. The number of hydrogen-bond donors (Lipinski definition) is 3. The predicted molar refractivity (Wildman–Crippen MR) is 32.6 cm³/mol. The number of rotatable bonds is 2. The van der Waals surface area contributed by atoms with E-state index in [0.29, 0.717) is 0 Å². The third-order valence-electron chi connectivity index (χ3n) is 0.616. The second-order valence-electron chi connectivity index (χ2n) is 1.23. The minimum Gasteiger partial charge on any atom is -0.394 e. The lowest BCUT2D eigenvalue weighted by molar-refractivity contribution is -0.146. The maximum Gasteiger partial charge on any atom is 0.343 e. The molecule has 0 aromatic carbocycles. The Balaban J connectivity index is 0. The molecule has 0 spiro atoms. The summed E-state index contributed by atoms with van der Waals surface area (Å²) in [7, 11) is 0. The van der Waals surface area contributed by atoms with Crippen LogP contribution in [0, 0.1) is 0 Å². The highest BCUT2D eigenvalue weighted by Crippen LogP contribution is 1.76. The topological polar surface area (TPSA) is 98.6 Å². The minimum atomic E-state index is -1.01. The molecule has 0 amide bonds. The highest BCUT2D eigenvalue weighted by molar-refractivity contribution is 5.85. The van der Waals surface area contributed by atoms with Crippen LogP contribution >= 0.6 is 12.4 Å². The molecule has 0 aliphatic heterocycles. The largest absolute Gasteiger partial charge is 0.394 e. The van der Waals surface area contributed by atoms with Gasteiger partial charge < -0.3 is 15.7 Å². The number of carbonyl (C=O) groups is 1. The summed E-state index contributed by atoms with van der Waals surface area (Å²) < 4.78 is 0. The number of carbonyl (C=O) groups excluding carboxylic acids is 1. The molecule has 0 heterocycles. The quantitative estimate of drug-likeness (QED) is 0.408. The van der Waals surface area contributed by atoms with E-state index in [1.165, 1.54) is 0 Å². The molecule has 9 heavy (non-hydrogen) atoms. The van der Waals surface area contributed by atoms with Crippen LogP contribution < -0.4 is 11.6 Å². The fraction of sp³-hybridized carbons (Fsp3) is 0.667. The molecule has 6 heteroatoms. The van der Waals surface area contributed by atoms with Gasteiger partial charge in [-0.2, -0.15) is 5.90 Å². The zero-order chi connectivity index (χ0) is 6.57. The van der Waals surface area contributed by atoms with Crippen molar-refractivity contribution in [2.24, 2.45) is 11.6 Å². The van der Waals surface area contributed by atoms with Crippen molar-refractivity contribution >= 4 is 18.4 Å². The standard InChI is InChI=1S/C3H8N2O3.ClH/c4-2(1-6)3(7)8-5;/h2,6H,1,4-5H2;1H/t2-;/m0./s1. The van der Waals surface area contributed by atoms with Gasteiger partial charge in [-0.3, -0.25) is 0 Å². The first-order chi connectivity index (χ1) is 3.72. The fourth-order valence-corrected chi connectivity index (χ4v) is 0.162. The molecule has 0 saturated heterocycles. The van der Waals surface area contributed by atoms with Crippen molar-refractivity contribution in [3.8, 4) is 0 Å². The Bertz CT molecular complexity index is 89.1. The van der Waals surface area contributed by atoms with Crippen molar-refractivity contribution in [2.45, 2.75) is 6.04 Å². The normalized spacial score (nSPS) is 11.4. The average Bonchev–Trinajstić information content (AvgIpc) is 1.84. The number of halogens is 1. The van der Waals surface area contributed by atoms with Crippen LogP contribution in [0.4, 0.5) is 0 Å². The maximum absolute atomic E-state index is 10.1. The summed E-state index contributed by atoms with van der Waals surface area (Å²) in [6.07, 6.45) is 0. The third-order valence-corrected chi connectivity index (χ3v) is 0.616. The molecule has 0 unspecified atom stereocenters. The van der Waals surface area contributed by atoms with Crippen LogP contribution in [0.3, 0.4) is 0 Å². The molecule has 0 saturated carbocycles. The van der Waals surface area contributed by atoms with Crippen molar-refractivity contribution in [1.29, 1.82) is 0 Å². The Labute approximate surface area is 58.3 Å². The fourth-order valence-electron chi connectivity index (χ4n) is 0.162. The van der Waals surface area contributed by atoms with E-state index >= 15 is 0 Å². The van der Waals surface area contributed by atoms with Gasteiger partial charge in [0.25, 0.3) is 0 Å². The molecule has 5 N–H and O–H groups in total. The summed E-state index contributed by atoms with van der Waals surface area (Å²) in [4.78, 5) is 13.8. The van der Waals surface area contributed by atoms with E-state index in [1.54, 1.807) is 0 Å². The van der Waals surface area contributed by atoms with Gasteiger partial charge in [0.15, 0.2) is 0 Å². The van der Waals surface area contributed by atoms with Crippen LogP contribution in [0.15, 0.2) is 0 Å². The van der Waals surface area contributed by atoms with Gasteiger partial charge in [0, 0.05) is 0 Å². The highest BCUT2D eigenvalue weighted by Gasteiger charge is 2.11. The van der Waals surface area contributed by atoms with Gasteiger partial charge in [0.2, 0.25) is 0 Å². The average molecular weight is 157 g/mol. The third kappa shape index (κ3) is 4.16. The van der Waals surface area contributed by atoms with Gasteiger partial charge >= 0.3 is 5.97 Å². The predicted octanol–water partition coefficient (Wildman–Crippen LogP) is -1.86. The lowest BCUT2D eigenvalue weighted by Crippen LogP contribution is -2.36. The van der Waals surface area contributed by atoms with Gasteiger partial charge in [-0.1, -0.05) is 0 Å². The summed E-state index contributed by atoms with van der Waals surface area (Å²) in [5.74, 6) is 3.60. The van der Waals surface area contributed by atoms with Gasteiger partial charge in [-0.15, -0.1) is 12.4 Å². The van der Waals surface area contributed by atoms with Gasteiger partial charge in [0.05, 0.1) is 6.61 Å². The van der Waals surface area contributed by atoms with Gasteiger partial charge in [-0.05, 0) is 0 Å². The van der Waals surface area contributed by atoms with Crippen LogP contribution in [0.1, 0.15) is 0 Å². The first-order valence-electron chi connectivity index (χ1n) is 1.99. The molecular weight excluding hydrogens is 147 g/mol. The van der Waals surface area contributed by atoms with Crippen molar-refractivity contribution < 1.29 is 14.7 Å². The van der Waals surface area contributed by atoms with E-state index in [2.05, 4.69) is 10.7 Å². The molecule has 0 aromatic rings. The van der Waals surface area contributed by atoms with E-state index < -0.39 is 18.6 Å². The van der Waals surface area contributed by atoms with Crippen molar-refractivity contribution in [3.63, 3.8) is 0 Å². The summed E-state index contributed by atoms with van der Waals surface area (Å²) in [5, 5.41) is 8.15. The molecule has 0 radical (unpaired) electrons. The molecule has 1 atom stereocenters. The minimum absolute atomic E-state index is 0. The molecule has 0 aliphatic rings. The van der Waals surface area contributed by atoms with Crippen molar-refractivity contribution in [2.75, 3.05) is 6.61 Å². The van der Waals surface area contributed by atoms with Crippen LogP contribution in [0.5, 0.6) is 0 Å². The number of aliphatic hydroxyl groups excluding tert-OH is 1. The number of nitrogens with two attached hydrogens (primary N) is 2. The summed E-state index contributed by atoms with van der Waals surface area (Å²) >= 11 is 0. The molecular formula is C3H9ClN2O3. The SMILES string of the molecule is Cl.NOC(=O)[C@@H](N)CO. The van der Waals surface area contributed by atoms with E-state index in [-0.39, 0.29) is 12.4 Å². The Morgan fingerprint density at radius 2 is 2.22 bits per heavy atom. The van der Waals surface area contributed by atoms with Crippen LogP contribution in [0.25, 0.3) is 0 Å². The van der Waals surface area contributed by atoms with E-state index in [9.17, 15) is 4.79 Å². The molecule has 0 bridgehead atoms. The second-order valence-corrected chi connectivity index (χ2v) is 1.23. The molecule has 0 aliphatic carbocycles. The van der Waals surface area contributed by atoms with E-state index in [4.69, 9.17) is 10.8 Å². The second kappa shape index (κ2) is 5.77. The Kier molecular flexibility index (Phi) is 7.33. The first kappa shape index (κ1) is 11.4. The molecule has 56 valence electrons. The Morgan fingerprint density at radius 3 is 2.33 bits per heavy atom. The maximum atomic E-state index is 10.1. The monoisotopic (exact) mass is 156 g/mol. The highest BCUT2D eigenvalue weighted by atomic mass is 35.5. The molecule has 5 nitrogen and oxygen atoms in total. The van der Waals surface area contributed by atoms with Crippen LogP contribution in [-0.4, -0.2) is 23.7 Å². The van der Waals surface area contributed by atoms with E-state index in [1.807, 2.05) is 0 Å². The van der Waals surface area contributed by atoms with Crippen molar-refractivity contribution in [1.82, 2.24) is 0 Å². The zero-order valence-corrected chi connectivity index (χ0v) is 5.43. The van der Waals surface area contributed by atoms with Crippen LogP contribution in [-0.2, 0) is 9.63 Å². The Morgan fingerprint density at radius 1 is 1.78 bits per heavy atom. The lowest BCUT2D eigenvalue weighted by atomic mass is 10.3. The molecule has 0 aromatic heterocycles. The lowest BCUT2D eigenvalue weighted by Gasteiger charge is -2.01. The zero-order valence-electron chi connectivity index (χ0n) is 4.61. The van der Waals surface area contributed by atoms with Crippen LogP contribution in [0.2, 0.25) is 0 Å². The summed E-state index contributed by atoms with van der Waals surface area (Å²) in [6.45, 7) is -0.448.